The molecule has 2 atom stereocenters. The average molecular weight is 363 g/mol. The number of carbonyl (C=O) groups excluding carboxylic acids is 1. The minimum Gasteiger partial charge on any atom is -0.352 e. The zero-order valence-electron chi connectivity index (χ0n) is 14.1. The SMILES string of the molecule is CC1CCCCC1NC(=O)CSc1nnc(-c2ccc(F)cc2)n1N. The molecule has 8 heteroatoms. The molecule has 134 valence electrons. The minimum absolute atomic E-state index is 0.0184. The van der Waals surface area contributed by atoms with E-state index in [1.165, 1.54) is 41.4 Å². The molecule has 1 aromatic heterocycles. The Morgan fingerprint density at radius 3 is 2.76 bits per heavy atom. The molecule has 0 aliphatic heterocycles. The van der Waals surface area contributed by atoms with Crippen LogP contribution in [0.5, 0.6) is 0 Å². The van der Waals surface area contributed by atoms with Crippen molar-refractivity contribution in [2.75, 3.05) is 11.6 Å². The molecule has 6 nitrogen and oxygen atoms in total. The number of nitrogens with two attached hydrogens (primary N) is 1. The fourth-order valence-electron chi connectivity index (χ4n) is 3.08. The van der Waals surface area contributed by atoms with Gasteiger partial charge in [-0.05, 0) is 43.0 Å². The molecule has 1 amide bonds. The first kappa shape index (κ1) is 17.7. The largest absolute Gasteiger partial charge is 0.352 e. The maximum absolute atomic E-state index is 13.0. The van der Waals surface area contributed by atoms with Crippen molar-refractivity contribution < 1.29 is 9.18 Å². The van der Waals surface area contributed by atoms with E-state index in [1.807, 2.05) is 0 Å². The molecule has 2 unspecified atom stereocenters. The first-order valence-corrected chi connectivity index (χ1v) is 9.41. The molecule has 0 radical (unpaired) electrons. The van der Waals surface area contributed by atoms with Gasteiger partial charge in [-0.1, -0.05) is 31.5 Å². The van der Waals surface area contributed by atoms with Crippen LogP contribution in [0.15, 0.2) is 29.4 Å². The minimum atomic E-state index is -0.324. The lowest BCUT2D eigenvalue weighted by Crippen LogP contribution is -2.41. The topological polar surface area (TPSA) is 85.8 Å². The van der Waals surface area contributed by atoms with E-state index in [1.54, 1.807) is 12.1 Å². The Balaban J connectivity index is 1.58. The molecule has 1 aliphatic rings. The Hall–Kier alpha value is -2.09. The Kier molecular flexibility index (Phi) is 5.57. The van der Waals surface area contributed by atoms with Crippen LogP contribution in [0.25, 0.3) is 11.4 Å². The molecule has 3 rings (SSSR count). The van der Waals surface area contributed by atoms with Crippen LogP contribution in [-0.4, -0.2) is 32.6 Å². The number of carbonyl (C=O) groups is 1. The van der Waals surface area contributed by atoms with E-state index in [-0.39, 0.29) is 23.5 Å². The van der Waals surface area contributed by atoms with Gasteiger partial charge in [-0.25, -0.2) is 9.07 Å². The Morgan fingerprint density at radius 1 is 1.32 bits per heavy atom. The van der Waals surface area contributed by atoms with Crippen LogP contribution >= 0.6 is 11.8 Å². The van der Waals surface area contributed by atoms with Crippen molar-refractivity contribution in [3.63, 3.8) is 0 Å². The molecule has 1 fully saturated rings. The number of nitrogen functional groups attached to an aromatic ring is 1. The highest BCUT2D eigenvalue weighted by atomic mass is 32.2. The smallest absolute Gasteiger partial charge is 0.230 e. The summed E-state index contributed by atoms with van der Waals surface area (Å²) in [5, 5.41) is 11.6. The predicted molar refractivity (Wildman–Crippen MR) is 95.9 cm³/mol. The van der Waals surface area contributed by atoms with Crippen LogP contribution in [0, 0.1) is 11.7 Å². The van der Waals surface area contributed by atoms with Crippen LogP contribution < -0.4 is 11.2 Å². The second-order valence-corrected chi connectivity index (χ2v) is 7.35. The van der Waals surface area contributed by atoms with Gasteiger partial charge in [0.15, 0.2) is 5.82 Å². The maximum atomic E-state index is 13.0. The molecule has 25 heavy (non-hydrogen) atoms. The number of halogens is 1. The lowest BCUT2D eigenvalue weighted by Gasteiger charge is -2.29. The molecule has 1 saturated carbocycles. The van der Waals surface area contributed by atoms with Crippen molar-refractivity contribution >= 4 is 17.7 Å². The summed E-state index contributed by atoms with van der Waals surface area (Å²) in [7, 11) is 0. The number of benzene rings is 1. The Bertz CT molecular complexity index is 733. The molecule has 0 spiro atoms. The fraction of sp³-hybridized carbons (Fsp3) is 0.471. The van der Waals surface area contributed by atoms with Crippen LogP contribution in [-0.2, 0) is 4.79 Å². The number of rotatable bonds is 5. The van der Waals surface area contributed by atoms with Gasteiger partial charge >= 0.3 is 0 Å². The van der Waals surface area contributed by atoms with Gasteiger partial charge in [-0.2, -0.15) is 0 Å². The summed E-state index contributed by atoms with van der Waals surface area (Å²) in [5.74, 6) is 6.86. The van der Waals surface area contributed by atoms with E-state index in [0.29, 0.717) is 22.5 Å². The summed E-state index contributed by atoms with van der Waals surface area (Å²) < 4.78 is 14.3. The summed E-state index contributed by atoms with van der Waals surface area (Å²) in [5.41, 5.74) is 0.670. The highest BCUT2D eigenvalue weighted by molar-refractivity contribution is 7.99. The number of thioether (sulfide) groups is 1. The van der Waals surface area contributed by atoms with Crippen molar-refractivity contribution in [1.29, 1.82) is 0 Å². The normalized spacial score (nSPS) is 20.4. The van der Waals surface area contributed by atoms with Crippen LogP contribution in [0.1, 0.15) is 32.6 Å². The van der Waals surface area contributed by atoms with E-state index >= 15 is 0 Å². The number of hydrogen-bond donors (Lipinski definition) is 2. The summed E-state index contributed by atoms with van der Waals surface area (Å²) in [6.45, 7) is 2.18. The molecule has 2 aromatic rings. The zero-order valence-corrected chi connectivity index (χ0v) is 14.9. The number of hydrogen-bond acceptors (Lipinski definition) is 5. The summed E-state index contributed by atoms with van der Waals surface area (Å²) in [6.07, 6.45) is 4.61. The molecule has 1 heterocycles. The monoisotopic (exact) mass is 363 g/mol. The summed E-state index contributed by atoms with van der Waals surface area (Å²) in [4.78, 5) is 12.2. The highest BCUT2D eigenvalue weighted by Gasteiger charge is 2.23. The van der Waals surface area contributed by atoms with Crippen LogP contribution in [0.3, 0.4) is 0 Å². The third-order valence-corrected chi connectivity index (χ3v) is 5.50. The number of amides is 1. The first-order chi connectivity index (χ1) is 12.0. The second-order valence-electron chi connectivity index (χ2n) is 6.41. The van der Waals surface area contributed by atoms with Crippen molar-refractivity contribution in [2.24, 2.45) is 5.92 Å². The van der Waals surface area contributed by atoms with Crippen molar-refractivity contribution in [3.05, 3.63) is 30.1 Å². The first-order valence-electron chi connectivity index (χ1n) is 8.43. The highest BCUT2D eigenvalue weighted by Crippen LogP contribution is 2.25. The van der Waals surface area contributed by atoms with Gasteiger partial charge in [0, 0.05) is 11.6 Å². The van der Waals surface area contributed by atoms with Gasteiger partial charge in [-0.15, -0.1) is 10.2 Å². The van der Waals surface area contributed by atoms with Crippen molar-refractivity contribution in [3.8, 4) is 11.4 Å². The molecule has 3 N–H and O–H groups in total. The van der Waals surface area contributed by atoms with Crippen molar-refractivity contribution in [1.82, 2.24) is 20.2 Å². The van der Waals surface area contributed by atoms with Gasteiger partial charge in [0.1, 0.15) is 5.82 Å². The van der Waals surface area contributed by atoms with Gasteiger partial charge in [0.25, 0.3) is 0 Å². The van der Waals surface area contributed by atoms with Gasteiger partial charge in [0.2, 0.25) is 11.1 Å². The number of aromatic nitrogens is 3. The summed E-state index contributed by atoms with van der Waals surface area (Å²) >= 11 is 1.24. The Morgan fingerprint density at radius 2 is 2.04 bits per heavy atom. The molecule has 1 aliphatic carbocycles. The third-order valence-electron chi connectivity index (χ3n) is 4.56. The zero-order chi connectivity index (χ0) is 17.8. The van der Waals surface area contributed by atoms with E-state index in [4.69, 9.17) is 5.84 Å². The van der Waals surface area contributed by atoms with Gasteiger partial charge in [-0.3, -0.25) is 4.79 Å². The number of nitrogens with zero attached hydrogens (tertiary/aromatic N) is 3. The molecular formula is C17H22FN5OS. The summed E-state index contributed by atoms with van der Waals surface area (Å²) in [6, 6.07) is 6.13. The van der Waals surface area contributed by atoms with Crippen LogP contribution in [0.4, 0.5) is 4.39 Å². The third kappa shape index (κ3) is 4.31. The van der Waals surface area contributed by atoms with E-state index < -0.39 is 0 Å². The predicted octanol–water partition coefficient (Wildman–Crippen LogP) is 2.58. The van der Waals surface area contributed by atoms with E-state index in [2.05, 4.69) is 22.4 Å². The lowest BCUT2D eigenvalue weighted by atomic mass is 9.86. The second kappa shape index (κ2) is 7.86. The lowest BCUT2D eigenvalue weighted by molar-refractivity contribution is -0.119. The van der Waals surface area contributed by atoms with E-state index in [9.17, 15) is 9.18 Å². The molecule has 0 saturated heterocycles. The van der Waals surface area contributed by atoms with Crippen molar-refractivity contribution in [2.45, 2.75) is 43.8 Å². The average Bonchev–Trinajstić information content (AvgIpc) is 2.97. The molecular weight excluding hydrogens is 341 g/mol. The van der Waals surface area contributed by atoms with Crippen LogP contribution in [0.2, 0.25) is 0 Å². The van der Waals surface area contributed by atoms with E-state index in [0.717, 1.165) is 12.8 Å². The number of nitrogens with one attached hydrogen (secondary N) is 1. The maximum Gasteiger partial charge on any atom is 0.230 e. The van der Waals surface area contributed by atoms with Gasteiger partial charge in [0.05, 0.1) is 5.75 Å². The fourth-order valence-corrected chi connectivity index (χ4v) is 3.75. The standard InChI is InChI=1S/C17H22FN5OS/c1-11-4-2-3-5-14(11)20-15(24)10-25-17-22-21-16(23(17)19)12-6-8-13(18)9-7-12/h6-9,11,14H,2-5,10,19H2,1H3,(H,20,24). The quantitative estimate of drug-likeness (QED) is 0.630. The molecule has 0 bridgehead atoms. The van der Waals surface area contributed by atoms with Gasteiger partial charge < -0.3 is 11.2 Å². The molecule has 1 aromatic carbocycles. The Labute approximate surface area is 150 Å².